The second-order valence-electron chi connectivity index (χ2n) is 7.75. The average molecular weight is 495 g/mol. The van der Waals surface area contributed by atoms with Crippen LogP contribution in [0.15, 0.2) is 83.9 Å². The predicted molar refractivity (Wildman–Crippen MR) is 133 cm³/mol. The molecule has 34 heavy (non-hydrogen) atoms. The van der Waals surface area contributed by atoms with E-state index < -0.39 is 16.0 Å². The second kappa shape index (κ2) is 10.3. The second-order valence-corrected chi connectivity index (χ2v) is 9.95. The molecule has 6 nitrogen and oxygen atoms in total. The van der Waals surface area contributed by atoms with E-state index in [4.69, 9.17) is 16.3 Å². The Morgan fingerprint density at radius 1 is 0.941 bits per heavy atom. The first kappa shape index (κ1) is 23.9. The Labute approximate surface area is 203 Å². The minimum absolute atomic E-state index is 0.200. The summed E-state index contributed by atoms with van der Waals surface area (Å²) in [5.41, 5.74) is 3.11. The molecular weight excluding hydrogens is 472 g/mol. The highest BCUT2D eigenvalue weighted by atomic mass is 35.5. The molecule has 0 aliphatic rings. The lowest BCUT2D eigenvalue weighted by Crippen LogP contribution is -2.26. The van der Waals surface area contributed by atoms with Gasteiger partial charge in [0.2, 0.25) is 10.0 Å². The van der Waals surface area contributed by atoms with Gasteiger partial charge in [0.1, 0.15) is 0 Å². The zero-order valence-electron chi connectivity index (χ0n) is 18.5. The van der Waals surface area contributed by atoms with Crippen molar-refractivity contribution < 1.29 is 17.9 Å². The molecule has 0 saturated heterocycles. The number of aromatic nitrogens is 1. The van der Waals surface area contributed by atoms with Gasteiger partial charge >= 0.3 is 5.97 Å². The standard InChI is InChI=1S/C26H23ClN2O4S/c1-33-26(30)24-17-28-25(23-5-3-2-4-22(23)24)16-19-8-12-21(13-9-19)34(31,32)29-15-14-18-6-10-20(27)11-7-18/h2-13,17,29H,14-16H2,1H3. The highest BCUT2D eigenvalue weighted by Crippen LogP contribution is 2.24. The van der Waals surface area contributed by atoms with Crippen LogP contribution in [0.25, 0.3) is 10.8 Å². The van der Waals surface area contributed by atoms with E-state index in [2.05, 4.69) is 9.71 Å². The Morgan fingerprint density at radius 2 is 1.59 bits per heavy atom. The molecule has 4 rings (SSSR count). The Hall–Kier alpha value is -3.26. The third-order valence-electron chi connectivity index (χ3n) is 5.51. The third-order valence-corrected chi connectivity index (χ3v) is 7.24. The fourth-order valence-electron chi connectivity index (χ4n) is 3.71. The van der Waals surface area contributed by atoms with Crippen molar-refractivity contribution in [3.05, 3.63) is 106 Å². The number of ether oxygens (including phenoxy) is 1. The number of sulfonamides is 1. The lowest BCUT2D eigenvalue weighted by atomic mass is 10.0. The lowest BCUT2D eigenvalue weighted by Gasteiger charge is -2.10. The summed E-state index contributed by atoms with van der Waals surface area (Å²) in [5, 5.41) is 2.27. The number of esters is 1. The number of rotatable bonds is 8. The first-order valence-electron chi connectivity index (χ1n) is 10.7. The molecule has 0 bridgehead atoms. The molecule has 0 aliphatic heterocycles. The molecule has 0 radical (unpaired) electrons. The van der Waals surface area contributed by atoms with Gasteiger partial charge in [0.05, 0.1) is 23.3 Å². The van der Waals surface area contributed by atoms with Crippen LogP contribution < -0.4 is 4.72 Å². The van der Waals surface area contributed by atoms with Gasteiger partial charge in [-0.25, -0.2) is 17.9 Å². The average Bonchev–Trinajstić information content (AvgIpc) is 2.85. The zero-order valence-corrected chi connectivity index (χ0v) is 20.1. The molecule has 0 aliphatic carbocycles. The predicted octanol–water partition coefficient (Wildman–Crippen LogP) is 4.79. The van der Waals surface area contributed by atoms with E-state index in [1.807, 2.05) is 36.4 Å². The van der Waals surface area contributed by atoms with Gasteiger partial charge in [0.25, 0.3) is 0 Å². The molecule has 3 aromatic carbocycles. The monoisotopic (exact) mass is 494 g/mol. The summed E-state index contributed by atoms with van der Waals surface area (Å²) in [6.07, 6.45) is 2.58. The number of carbonyl (C=O) groups excluding carboxylic acids is 1. The molecule has 0 saturated carbocycles. The van der Waals surface area contributed by atoms with Crippen LogP contribution in [0.3, 0.4) is 0 Å². The Kier molecular flexibility index (Phi) is 7.26. The minimum atomic E-state index is -3.62. The van der Waals surface area contributed by atoms with E-state index in [1.54, 1.807) is 36.4 Å². The van der Waals surface area contributed by atoms with Crippen molar-refractivity contribution >= 4 is 38.4 Å². The molecule has 1 N–H and O–H groups in total. The third kappa shape index (κ3) is 5.44. The smallest absolute Gasteiger partial charge is 0.340 e. The summed E-state index contributed by atoms with van der Waals surface area (Å²) < 4.78 is 32.8. The van der Waals surface area contributed by atoms with E-state index in [-0.39, 0.29) is 11.4 Å². The van der Waals surface area contributed by atoms with Crippen LogP contribution in [-0.2, 0) is 27.6 Å². The summed E-state index contributed by atoms with van der Waals surface area (Å²) in [5.74, 6) is -0.437. The molecule has 1 aromatic heterocycles. The highest BCUT2D eigenvalue weighted by molar-refractivity contribution is 7.89. The SMILES string of the molecule is COC(=O)c1cnc(Cc2ccc(S(=O)(=O)NCCc3ccc(Cl)cc3)cc2)c2ccccc12. The van der Waals surface area contributed by atoms with Crippen LogP contribution in [0, 0.1) is 0 Å². The fraction of sp³-hybridized carbons (Fsp3) is 0.154. The van der Waals surface area contributed by atoms with E-state index in [1.165, 1.54) is 13.3 Å². The van der Waals surface area contributed by atoms with Crippen molar-refractivity contribution in [3.8, 4) is 0 Å². The number of hydrogen-bond acceptors (Lipinski definition) is 5. The number of carbonyl (C=O) groups is 1. The van der Waals surface area contributed by atoms with E-state index in [9.17, 15) is 13.2 Å². The topological polar surface area (TPSA) is 85.4 Å². The maximum absolute atomic E-state index is 12.7. The number of nitrogens with one attached hydrogen (secondary N) is 1. The molecule has 0 amide bonds. The molecule has 174 valence electrons. The largest absolute Gasteiger partial charge is 0.465 e. The molecule has 0 fully saturated rings. The van der Waals surface area contributed by atoms with Gasteiger partial charge in [-0.2, -0.15) is 0 Å². The molecule has 0 spiro atoms. The van der Waals surface area contributed by atoms with Crippen molar-refractivity contribution in [1.82, 2.24) is 9.71 Å². The first-order valence-corrected chi connectivity index (χ1v) is 12.5. The van der Waals surface area contributed by atoms with Crippen molar-refractivity contribution in [2.24, 2.45) is 0 Å². The van der Waals surface area contributed by atoms with E-state index in [0.717, 1.165) is 27.6 Å². The van der Waals surface area contributed by atoms with Gasteiger partial charge in [-0.1, -0.05) is 60.1 Å². The van der Waals surface area contributed by atoms with Gasteiger partial charge in [-0.3, -0.25) is 4.98 Å². The van der Waals surface area contributed by atoms with Crippen LogP contribution in [0.2, 0.25) is 5.02 Å². The minimum Gasteiger partial charge on any atom is -0.465 e. The Bertz CT molecular complexity index is 1420. The number of hydrogen-bond donors (Lipinski definition) is 1. The number of benzene rings is 3. The van der Waals surface area contributed by atoms with Crippen molar-refractivity contribution in [1.29, 1.82) is 0 Å². The highest BCUT2D eigenvalue weighted by Gasteiger charge is 2.16. The number of pyridine rings is 1. The number of fused-ring (bicyclic) bond motifs is 1. The first-order chi connectivity index (χ1) is 16.4. The van der Waals surface area contributed by atoms with Crippen LogP contribution in [0.1, 0.15) is 27.2 Å². The van der Waals surface area contributed by atoms with Gasteiger partial charge < -0.3 is 4.74 Å². The summed E-state index contributed by atoms with van der Waals surface area (Å²) in [7, 11) is -2.28. The van der Waals surface area contributed by atoms with Crippen LogP contribution in [-0.4, -0.2) is 33.0 Å². The number of halogens is 1. The van der Waals surface area contributed by atoms with Crippen molar-refractivity contribution in [3.63, 3.8) is 0 Å². The molecular formula is C26H23ClN2O4S. The summed E-state index contributed by atoms with van der Waals surface area (Å²) >= 11 is 5.88. The quantitative estimate of drug-likeness (QED) is 0.356. The van der Waals surface area contributed by atoms with Crippen LogP contribution >= 0.6 is 11.6 Å². The molecule has 1 heterocycles. The van der Waals surface area contributed by atoms with Crippen LogP contribution in [0.5, 0.6) is 0 Å². The maximum Gasteiger partial charge on any atom is 0.340 e. The lowest BCUT2D eigenvalue weighted by molar-refractivity contribution is 0.0602. The molecule has 8 heteroatoms. The fourth-order valence-corrected chi connectivity index (χ4v) is 4.87. The molecule has 4 aromatic rings. The van der Waals surface area contributed by atoms with E-state index in [0.29, 0.717) is 23.4 Å². The number of nitrogens with zero attached hydrogens (tertiary/aromatic N) is 1. The summed E-state index contributed by atoms with van der Waals surface area (Å²) in [4.78, 5) is 16.7. The van der Waals surface area contributed by atoms with Gasteiger partial charge in [0.15, 0.2) is 0 Å². The maximum atomic E-state index is 12.7. The Balaban J connectivity index is 1.47. The van der Waals surface area contributed by atoms with Crippen LogP contribution in [0.4, 0.5) is 0 Å². The zero-order chi connectivity index (χ0) is 24.1. The molecule has 0 atom stereocenters. The Morgan fingerprint density at radius 3 is 2.26 bits per heavy atom. The summed E-state index contributed by atoms with van der Waals surface area (Å²) in [6.45, 7) is 0.286. The van der Waals surface area contributed by atoms with Crippen molar-refractivity contribution in [2.45, 2.75) is 17.7 Å². The van der Waals surface area contributed by atoms with Gasteiger partial charge in [-0.15, -0.1) is 0 Å². The van der Waals surface area contributed by atoms with E-state index >= 15 is 0 Å². The number of methoxy groups -OCH3 is 1. The molecule has 0 unspecified atom stereocenters. The van der Waals surface area contributed by atoms with Gasteiger partial charge in [-0.05, 0) is 47.2 Å². The normalized spacial score (nSPS) is 11.5. The van der Waals surface area contributed by atoms with Crippen molar-refractivity contribution in [2.75, 3.05) is 13.7 Å². The summed E-state index contributed by atoms with van der Waals surface area (Å²) in [6, 6.07) is 21.6. The van der Waals surface area contributed by atoms with Gasteiger partial charge in [0, 0.05) is 29.6 Å².